The molecule has 0 aromatic rings. The molecule has 2 N–H and O–H groups in total. The molecule has 1 fully saturated rings. The summed E-state index contributed by atoms with van der Waals surface area (Å²) in [4.78, 5) is 25.8. The molecule has 284 valence electrons. The molecule has 4 heteroatoms. The Morgan fingerprint density at radius 1 is 0.354 bits per heavy atom. The molecule has 0 heterocycles. The Morgan fingerprint density at radius 3 is 0.729 bits per heavy atom. The van der Waals surface area contributed by atoms with Gasteiger partial charge in [0.05, 0.1) is 10.8 Å². The van der Waals surface area contributed by atoms with Crippen molar-refractivity contribution in [2.75, 3.05) is 0 Å². The highest BCUT2D eigenvalue weighted by Gasteiger charge is 2.61. The minimum atomic E-state index is -1.09. The Kier molecular flexibility index (Phi) is 28.8. The maximum atomic E-state index is 12.9. The van der Waals surface area contributed by atoms with Gasteiger partial charge in [0.2, 0.25) is 0 Å². The first-order valence-corrected chi connectivity index (χ1v) is 21.9. The lowest BCUT2D eigenvalue weighted by Gasteiger charge is -2.49. The second-order valence-corrected chi connectivity index (χ2v) is 16.1. The molecule has 0 aromatic carbocycles. The van der Waals surface area contributed by atoms with Gasteiger partial charge < -0.3 is 10.2 Å². The summed E-state index contributed by atoms with van der Waals surface area (Å²) in [5.74, 6) is -1.69. The molecule has 1 aliphatic rings. The van der Waals surface area contributed by atoms with Crippen LogP contribution in [0.1, 0.15) is 258 Å². The molecule has 4 nitrogen and oxygen atoms in total. The topological polar surface area (TPSA) is 74.6 Å². The van der Waals surface area contributed by atoms with Gasteiger partial charge in [0, 0.05) is 0 Å². The van der Waals surface area contributed by atoms with Gasteiger partial charge in [-0.25, -0.2) is 0 Å². The van der Waals surface area contributed by atoms with Crippen LogP contribution < -0.4 is 0 Å². The van der Waals surface area contributed by atoms with E-state index in [-0.39, 0.29) is 0 Å². The highest BCUT2D eigenvalue weighted by molar-refractivity contribution is 5.87. The van der Waals surface area contributed by atoms with Crippen molar-refractivity contribution in [3.8, 4) is 0 Å². The highest BCUT2D eigenvalue weighted by Crippen LogP contribution is 2.57. The van der Waals surface area contributed by atoms with E-state index in [2.05, 4.69) is 13.8 Å². The summed E-state index contributed by atoms with van der Waals surface area (Å²) in [6.07, 6.45) is 45.2. The number of hydrogen-bond donors (Lipinski definition) is 2. The third kappa shape index (κ3) is 19.4. The number of carboxylic acid groups (broad SMARTS) is 2. The minimum absolute atomic E-state index is 0.534. The Labute approximate surface area is 299 Å². The van der Waals surface area contributed by atoms with E-state index in [0.717, 1.165) is 51.4 Å². The standard InChI is InChI=1S/C44H84O4/c1-3-5-7-9-11-13-15-17-19-21-23-25-27-29-31-33-37-43(41(45)46)39-35-36-40-44(43,42(47)48)38-34-32-30-28-26-24-22-20-18-16-14-12-10-8-6-4-2/h3-40H2,1-2H3,(H,45,46)(H,47,48). The molecular weight excluding hydrogens is 592 g/mol. The van der Waals surface area contributed by atoms with Gasteiger partial charge in [-0.2, -0.15) is 0 Å². The summed E-state index contributed by atoms with van der Waals surface area (Å²) in [5.41, 5.74) is -2.19. The first kappa shape index (κ1) is 45.0. The van der Waals surface area contributed by atoms with E-state index >= 15 is 0 Å². The summed E-state index contributed by atoms with van der Waals surface area (Å²) in [6.45, 7) is 4.56. The molecule has 2 atom stereocenters. The summed E-state index contributed by atoms with van der Waals surface area (Å²) >= 11 is 0. The van der Waals surface area contributed by atoms with Crippen LogP contribution in [0, 0.1) is 10.8 Å². The number of carboxylic acids is 2. The van der Waals surface area contributed by atoms with Crippen LogP contribution >= 0.6 is 0 Å². The lowest BCUT2D eigenvalue weighted by Crippen LogP contribution is -2.54. The predicted octanol–water partition coefficient (Wildman–Crippen LogP) is 15.0. The molecule has 0 bridgehead atoms. The molecule has 0 radical (unpaired) electrons. The van der Waals surface area contributed by atoms with E-state index in [0.29, 0.717) is 25.7 Å². The maximum absolute atomic E-state index is 12.9. The van der Waals surface area contributed by atoms with Gasteiger partial charge in [-0.05, 0) is 25.7 Å². The van der Waals surface area contributed by atoms with Crippen molar-refractivity contribution in [2.45, 2.75) is 258 Å². The van der Waals surface area contributed by atoms with Crippen LogP contribution in [0.4, 0.5) is 0 Å². The SMILES string of the molecule is CCCCCCCCCCCCCCCCCCC1(C(=O)O)CCCCC1(CCCCCCCCCCCCCCCCCC)C(=O)O. The molecule has 0 amide bonds. The van der Waals surface area contributed by atoms with E-state index in [9.17, 15) is 19.8 Å². The van der Waals surface area contributed by atoms with Crippen LogP contribution in [0.5, 0.6) is 0 Å². The molecule has 1 rings (SSSR count). The molecule has 1 saturated carbocycles. The van der Waals surface area contributed by atoms with Crippen molar-refractivity contribution in [1.82, 2.24) is 0 Å². The summed E-state index contributed by atoms with van der Waals surface area (Å²) in [7, 11) is 0. The van der Waals surface area contributed by atoms with Gasteiger partial charge in [0.15, 0.2) is 0 Å². The van der Waals surface area contributed by atoms with Gasteiger partial charge in [0.1, 0.15) is 0 Å². The zero-order valence-corrected chi connectivity index (χ0v) is 32.6. The smallest absolute Gasteiger partial charge is 0.310 e. The number of rotatable bonds is 36. The van der Waals surface area contributed by atoms with Crippen molar-refractivity contribution in [3.63, 3.8) is 0 Å². The van der Waals surface area contributed by atoms with Crippen LogP contribution in [0.3, 0.4) is 0 Å². The molecular formula is C44H84O4. The van der Waals surface area contributed by atoms with Crippen molar-refractivity contribution >= 4 is 11.9 Å². The Hall–Kier alpha value is -1.06. The van der Waals surface area contributed by atoms with Crippen LogP contribution in [0.15, 0.2) is 0 Å². The normalized spacial score (nSPS) is 19.5. The molecule has 0 saturated heterocycles. The second-order valence-electron chi connectivity index (χ2n) is 16.1. The van der Waals surface area contributed by atoms with E-state index in [1.807, 2.05) is 0 Å². The van der Waals surface area contributed by atoms with Crippen LogP contribution in [-0.4, -0.2) is 22.2 Å². The van der Waals surface area contributed by atoms with E-state index < -0.39 is 22.8 Å². The summed E-state index contributed by atoms with van der Waals surface area (Å²) in [5, 5.41) is 21.1. The zero-order chi connectivity index (χ0) is 35.0. The van der Waals surface area contributed by atoms with Crippen molar-refractivity contribution in [3.05, 3.63) is 0 Å². The second kappa shape index (κ2) is 30.7. The molecule has 1 aliphatic carbocycles. The average Bonchev–Trinajstić information content (AvgIpc) is 3.08. The predicted molar refractivity (Wildman–Crippen MR) is 207 cm³/mol. The van der Waals surface area contributed by atoms with Gasteiger partial charge in [-0.3, -0.25) is 9.59 Å². The highest BCUT2D eigenvalue weighted by atomic mass is 16.4. The number of carbonyl (C=O) groups is 2. The van der Waals surface area contributed by atoms with Crippen LogP contribution in [0.25, 0.3) is 0 Å². The third-order valence-corrected chi connectivity index (χ3v) is 12.1. The average molecular weight is 677 g/mol. The Morgan fingerprint density at radius 2 is 0.542 bits per heavy atom. The number of unbranched alkanes of at least 4 members (excludes halogenated alkanes) is 30. The van der Waals surface area contributed by atoms with Crippen LogP contribution in [-0.2, 0) is 9.59 Å². The van der Waals surface area contributed by atoms with E-state index in [4.69, 9.17) is 0 Å². The van der Waals surface area contributed by atoms with E-state index in [1.165, 1.54) is 167 Å². The fraction of sp³-hybridized carbons (Fsp3) is 0.955. The fourth-order valence-corrected chi connectivity index (χ4v) is 8.85. The first-order chi connectivity index (χ1) is 23.5. The molecule has 0 spiro atoms. The van der Waals surface area contributed by atoms with Crippen LogP contribution in [0.2, 0.25) is 0 Å². The van der Waals surface area contributed by atoms with E-state index in [1.54, 1.807) is 0 Å². The largest absolute Gasteiger partial charge is 0.481 e. The fourth-order valence-electron chi connectivity index (χ4n) is 8.85. The van der Waals surface area contributed by atoms with Crippen molar-refractivity contribution in [1.29, 1.82) is 0 Å². The molecule has 2 unspecified atom stereocenters. The van der Waals surface area contributed by atoms with Crippen molar-refractivity contribution in [2.24, 2.45) is 10.8 Å². The zero-order valence-electron chi connectivity index (χ0n) is 32.6. The van der Waals surface area contributed by atoms with Gasteiger partial charge in [-0.1, -0.05) is 232 Å². The monoisotopic (exact) mass is 677 g/mol. The van der Waals surface area contributed by atoms with Crippen molar-refractivity contribution < 1.29 is 19.8 Å². The minimum Gasteiger partial charge on any atom is -0.481 e. The summed E-state index contributed by atoms with van der Waals surface area (Å²) < 4.78 is 0. The molecule has 0 aliphatic heterocycles. The number of aliphatic carboxylic acids is 2. The Bertz CT molecular complexity index is 688. The molecule has 48 heavy (non-hydrogen) atoms. The summed E-state index contributed by atoms with van der Waals surface area (Å²) in [6, 6.07) is 0. The van der Waals surface area contributed by atoms with Gasteiger partial charge in [0.25, 0.3) is 0 Å². The van der Waals surface area contributed by atoms with Gasteiger partial charge >= 0.3 is 11.9 Å². The maximum Gasteiger partial charge on any atom is 0.310 e. The Balaban J connectivity index is 2.25. The lowest BCUT2D eigenvalue weighted by atomic mass is 9.52. The quantitative estimate of drug-likeness (QED) is 0.0648. The number of hydrogen-bond acceptors (Lipinski definition) is 2. The van der Waals surface area contributed by atoms with Gasteiger partial charge in [-0.15, -0.1) is 0 Å². The molecule has 0 aromatic heterocycles. The third-order valence-electron chi connectivity index (χ3n) is 12.1. The lowest BCUT2D eigenvalue weighted by molar-refractivity contribution is -0.182. The first-order valence-electron chi connectivity index (χ1n) is 21.9.